The summed E-state index contributed by atoms with van der Waals surface area (Å²) in [5.41, 5.74) is 2.67. The van der Waals surface area contributed by atoms with Crippen molar-refractivity contribution in [2.75, 3.05) is 7.11 Å². The number of aryl methyl sites for hydroxylation is 3. The van der Waals surface area contributed by atoms with E-state index in [0.29, 0.717) is 44.4 Å². The Hall–Kier alpha value is -2.65. The quantitative estimate of drug-likeness (QED) is 0.186. The Morgan fingerprint density at radius 2 is 1.97 bits per heavy atom. The van der Waals surface area contributed by atoms with Crippen LogP contribution in [0.2, 0.25) is 0 Å². The van der Waals surface area contributed by atoms with Crippen molar-refractivity contribution in [2.45, 2.75) is 51.6 Å². The maximum absolute atomic E-state index is 13.2. The molecule has 0 spiro atoms. The number of ether oxygens (including phenoxy) is 1. The van der Waals surface area contributed by atoms with Crippen LogP contribution in [0.3, 0.4) is 0 Å². The molecule has 0 amide bonds. The summed E-state index contributed by atoms with van der Waals surface area (Å²) < 4.78 is 6.37. The number of nitrogens with one attached hydrogen (secondary N) is 1. The Labute approximate surface area is 188 Å². The van der Waals surface area contributed by atoms with E-state index in [1.807, 2.05) is 13.8 Å². The van der Waals surface area contributed by atoms with Gasteiger partial charge in [0.2, 0.25) is 0 Å². The summed E-state index contributed by atoms with van der Waals surface area (Å²) in [6, 6.07) is 0. The number of fused-ring (bicyclic) bond motifs is 1. The van der Waals surface area contributed by atoms with E-state index in [4.69, 9.17) is 9.72 Å². The number of H-pyrrole nitrogens is 1. The molecule has 1 unspecified atom stereocenters. The molecule has 3 aromatic heterocycles. The number of thiophene rings is 1. The number of methoxy groups -OCH3 is 1. The second-order valence-electron chi connectivity index (χ2n) is 7.30. The van der Waals surface area contributed by atoms with Crippen LogP contribution in [-0.2, 0) is 11.3 Å². The normalized spacial score (nSPS) is 12.2. The zero-order valence-corrected chi connectivity index (χ0v) is 20.0. The molecule has 0 aliphatic rings. The van der Waals surface area contributed by atoms with Crippen LogP contribution < -0.4 is 5.56 Å². The second-order valence-corrected chi connectivity index (χ2v) is 9.81. The fraction of sp³-hybridized carbons (Fsp3) is 0.364. The smallest absolute Gasteiger partial charge is 0.339 e. The third kappa shape index (κ3) is 3.99. The van der Waals surface area contributed by atoms with Gasteiger partial charge in [0.25, 0.3) is 5.56 Å². The number of carbonyl (C=O) groups excluding carboxylic acids is 2. The van der Waals surface area contributed by atoms with Gasteiger partial charge in [-0.1, -0.05) is 17.8 Å². The molecular weight excluding hydrogens is 434 g/mol. The number of thioether (sulfide) groups is 1. The zero-order chi connectivity index (χ0) is 23.0. The van der Waals surface area contributed by atoms with Gasteiger partial charge in [0, 0.05) is 17.1 Å². The van der Waals surface area contributed by atoms with Crippen LogP contribution in [0, 0.1) is 27.7 Å². The Morgan fingerprint density at radius 1 is 1.29 bits per heavy atom. The standard InChI is InChI=1S/C22H25N3O4S2/c1-8-9-25-20(27)16-10(2)13(5)30-19(16)24-22(25)31-14(6)18(26)17-11(3)15(12(4)23-17)21(28)29-7/h8,14,23H,1,9H2,2-7H3. The minimum Gasteiger partial charge on any atom is -0.465 e. The number of hydrogen-bond acceptors (Lipinski definition) is 7. The predicted molar refractivity (Wildman–Crippen MR) is 125 cm³/mol. The van der Waals surface area contributed by atoms with Gasteiger partial charge in [-0.05, 0) is 45.7 Å². The molecule has 0 aliphatic carbocycles. The number of allylic oxidation sites excluding steroid dienone is 1. The molecule has 0 fully saturated rings. The lowest BCUT2D eigenvalue weighted by Gasteiger charge is -2.14. The number of hydrogen-bond donors (Lipinski definition) is 1. The Kier molecular flexibility index (Phi) is 6.56. The van der Waals surface area contributed by atoms with Gasteiger partial charge in [-0.25, -0.2) is 9.78 Å². The lowest BCUT2D eigenvalue weighted by atomic mass is 10.1. The maximum atomic E-state index is 13.2. The molecule has 3 rings (SSSR count). The first kappa shape index (κ1) is 23.0. The molecule has 9 heteroatoms. The highest BCUT2D eigenvalue weighted by Crippen LogP contribution is 2.31. The molecule has 0 saturated heterocycles. The van der Waals surface area contributed by atoms with Crippen molar-refractivity contribution in [1.82, 2.24) is 14.5 Å². The van der Waals surface area contributed by atoms with Gasteiger partial charge in [-0.2, -0.15) is 0 Å². The summed E-state index contributed by atoms with van der Waals surface area (Å²) in [5.74, 6) is -0.667. The Balaban J connectivity index is 2.02. The van der Waals surface area contributed by atoms with Crippen LogP contribution in [0.4, 0.5) is 0 Å². The minimum atomic E-state index is -0.537. The van der Waals surface area contributed by atoms with E-state index in [2.05, 4.69) is 11.6 Å². The maximum Gasteiger partial charge on any atom is 0.339 e. The van der Waals surface area contributed by atoms with Gasteiger partial charge in [-0.3, -0.25) is 14.2 Å². The number of ketones is 1. The van der Waals surface area contributed by atoms with Crippen LogP contribution in [0.25, 0.3) is 10.2 Å². The monoisotopic (exact) mass is 459 g/mol. The number of aromatic amines is 1. The topological polar surface area (TPSA) is 94.1 Å². The third-order valence-corrected chi connectivity index (χ3v) is 7.48. The summed E-state index contributed by atoms with van der Waals surface area (Å²) in [4.78, 5) is 47.8. The predicted octanol–water partition coefficient (Wildman–Crippen LogP) is 4.36. The van der Waals surface area contributed by atoms with E-state index in [9.17, 15) is 14.4 Å². The molecule has 7 nitrogen and oxygen atoms in total. The van der Waals surface area contributed by atoms with E-state index >= 15 is 0 Å². The average molecular weight is 460 g/mol. The van der Waals surface area contributed by atoms with Crippen molar-refractivity contribution in [3.05, 3.63) is 56.0 Å². The molecular formula is C22H25N3O4S2. The van der Waals surface area contributed by atoms with Crippen molar-refractivity contribution in [1.29, 1.82) is 0 Å². The van der Waals surface area contributed by atoms with Gasteiger partial charge in [0.1, 0.15) is 4.83 Å². The number of rotatable bonds is 7. The molecule has 3 heterocycles. The first-order chi connectivity index (χ1) is 14.6. The number of carbonyl (C=O) groups is 2. The van der Waals surface area contributed by atoms with Gasteiger partial charge >= 0.3 is 5.97 Å². The van der Waals surface area contributed by atoms with Gasteiger partial charge < -0.3 is 9.72 Å². The van der Waals surface area contributed by atoms with Crippen LogP contribution in [0.5, 0.6) is 0 Å². The highest BCUT2D eigenvalue weighted by Gasteiger charge is 2.27. The lowest BCUT2D eigenvalue weighted by molar-refractivity contribution is 0.0599. The summed E-state index contributed by atoms with van der Waals surface area (Å²) in [6.07, 6.45) is 1.64. The highest BCUT2D eigenvalue weighted by atomic mass is 32.2. The van der Waals surface area contributed by atoms with Crippen LogP contribution in [0.15, 0.2) is 22.6 Å². The molecule has 0 aromatic carbocycles. The number of Topliss-reactive ketones (excluding diaryl/α,β-unsaturated/α-hetero) is 1. The molecule has 164 valence electrons. The SMILES string of the molecule is C=CCn1c(SC(C)C(=O)c2[nH]c(C)c(C(=O)OC)c2C)nc2sc(C)c(C)c2c1=O. The third-order valence-electron chi connectivity index (χ3n) is 5.29. The second kappa shape index (κ2) is 8.84. The zero-order valence-electron chi connectivity index (χ0n) is 18.4. The lowest BCUT2D eigenvalue weighted by Crippen LogP contribution is -2.24. The summed E-state index contributed by atoms with van der Waals surface area (Å²) in [5, 5.41) is 0.546. The van der Waals surface area contributed by atoms with Crippen molar-refractivity contribution in [3.8, 4) is 0 Å². The first-order valence-electron chi connectivity index (χ1n) is 9.72. The average Bonchev–Trinajstić information content (AvgIpc) is 3.18. The molecule has 1 atom stereocenters. The molecule has 0 saturated carbocycles. The molecule has 0 radical (unpaired) electrons. The van der Waals surface area contributed by atoms with Crippen molar-refractivity contribution < 1.29 is 14.3 Å². The number of nitrogens with zero attached hydrogens (tertiary/aromatic N) is 2. The molecule has 3 aromatic rings. The Bertz CT molecular complexity index is 1270. The largest absolute Gasteiger partial charge is 0.465 e. The number of esters is 1. The molecule has 0 bridgehead atoms. The van der Waals surface area contributed by atoms with E-state index in [-0.39, 0.29) is 11.3 Å². The van der Waals surface area contributed by atoms with Crippen LogP contribution in [0.1, 0.15) is 49.5 Å². The number of aromatic nitrogens is 3. The fourth-order valence-electron chi connectivity index (χ4n) is 3.51. The van der Waals surface area contributed by atoms with E-state index in [1.54, 1.807) is 31.4 Å². The summed E-state index contributed by atoms with van der Waals surface area (Å²) in [6.45, 7) is 13.1. The highest BCUT2D eigenvalue weighted by molar-refractivity contribution is 8.00. The van der Waals surface area contributed by atoms with E-state index < -0.39 is 11.2 Å². The van der Waals surface area contributed by atoms with E-state index in [0.717, 1.165) is 10.4 Å². The van der Waals surface area contributed by atoms with Gasteiger partial charge in [0.05, 0.1) is 29.0 Å². The summed E-state index contributed by atoms with van der Waals surface area (Å²) in [7, 11) is 1.31. The van der Waals surface area contributed by atoms with Crippen LogP contribution >= 0.6 is 23.1 Å². The van der Waals surface area contributed by atoms with E-state index in [1.165, 1.54) is 30.2 Å². The van der Waals surface area contributed by atoms with Crippen molar-refractivity contribution >= 4 is 45.1 Å². The summed E-state index contributed by atoms with van der Waals surface area (Å²) >= 11 is 2.69. The Morgan fingerprint density at radius 3 is 2.58 bits per heavy atom. The molecule has 1 N–H and O–H groups in total. The minimum absolute atomic E-state index is 0.131. The fourth-order valence-corrected chi connectivity index (χ4v) is 5.56. The molecule has 0 aliphatic heterocycles. The van der Waals surface area contributed by atoms with Crippen LogP contribution in [-0.4, -0.2) is 38.6 Å². The first-order valence-corrected chi connectivity index (χ1v) is 11.4. The van der Waals surface area contributed by atoms with Gasteiger partial charge in [-0.15, -0.1) is 17.9 Å². The van der Waals surface area contributed by atoms with Crippen molar-refractivity contribution in [3.63, 3.8) is 0 Å². The molecule has 31 heavy (non-hydrogen) atoms. The van der Waals surface area contributed by atoms with Crippen molar-refractivity contribution in [2.24, 2.45) is 0 Å². The van der Waals surface area contributed by atoms with Gasteiger partial charge in [0.15, 0.2) is 10.9 Å².